The summed E-state index contributed by atoms with van der Waals surface area (Å²) >= 11 is 0. The number of ether oxygens (including phenoxy) is 2. The summed E-state index contributed by atoms with van der Waals surface area (Å²) in [5, 5.41) is 12.6. The molecule has 2 atom stereocenters. The van der Waals surface area contributed by atoms with E-state index >= 15 is 0 Å². The zero-order valence-corrected chi connectivity index (χ0v) is 19.1. The van der Waals surface area contributed by atoms with Crippen LogP contribution in [-0.2, 0) is 14.6 Å². The Hall–Kier alpha value is -2.42. The largest absolute Gasteiger partial charge is 0.493 e. The van der Waals surface area contributed by atoms with Gasteiger partial charge in [0.05, 0.1) is 36.4 Å². The van der Waals surface area contributed by atoms with Crippen LogP contribution in [0.25, 0.3) is 0 Å². The van der Waals surface area contributed by atoms with Crippen molar-refractivity contribution in [1.82, 2.24) is 5.06 Å². The molecule has 0 saturated carbocycles. The molecule has 1 N–H and O–H groups in total. The lowest BCUT2D eigenvalue weighted by atomic mass is 9.87. The van der Waals surface area contributed by atoms with E-state index in [1.54, 1.807) is 19.9 Å². The first-order valence-corrected chi connectivity index (χ1v) is 11.9. The van der Waals surface area contributed by atoms with Gasteiger partial charge in [0.1, 0.15) is 5.78 Å². The van der Waals surface area contributed by atoms with Crippen molar-refractivity contribution in [3.8, 4) is 11.5 Å². The van der Waals surface area contributed by atoms with E-state index in [1.165, 1.54) is 20.3 Å². The number of fused-ring (bicyclic) bond motifs is 1. The van der Waals surface area contributed by atoms with Crippen molar-refractivity contribution in [3.63, 3.8) is 0 Å². The van der Waals surface area contributed by atoms with E-state index in [0.717, 1.165) is 5.06 Å². The van der Waals surface area contributed by atoms with E-state index in [4.69, 9.17) is 9.47 Å². The number of sulfone groups is 1. The first-order chi connectivity index (χ1) is 14.7. The molecule has 0 spiro atoms. The van der Waals surface area contributed by atoms with Gasteiger partial charge < -0.3 is 14.7 Å². The van der Waals surface area contributed by atoms with Crippen LogP contribution in [0.15, 0.2) is 47.4 Å². The summed E-state index contributed by atoms with van der Waals surface area (Å²) < 4.78 is 37.9. The molecule has 2 aromatic carbocycles. The second-order valence-corrected chi connectivity index (χ2v) is 9.77. The number of carbonyl (C=O) groups is 1. The first kappa shape index (κ1) is 23.2. The van der Waals surface area contributed by atoms with Crippen molar-refractivity contribution in [2.75, 3.05) is 20.0 Å². The van der Waals surface area contributed by atoms with Gasteiger partial charge in [0.25, 0.3) is 0 Å². The second-order valence-electron chi connectivity index (χ2n) is 7.81. The quantitative estimate of drug-likeness (QED) is 0.690. The summed E-state index contributed by atoms with van der Waals surface area (Å²) in [6, 6.07) is 11.4. The van der Waals surface area contributed by atoms with E-state index in [-0.39, 0.29) is 41.4 Å². The number of ketones is 1. The van der Waals surface area contributed by atoms with Crippen molar-refractivity contribution in [2.24, 2.45) is 0 Å². The third kappa shape index (κ3) is 4.20. The van der Waals surface area contributed by atoms with E-state index in [1.807, 2.05) is 30.3 Å². The second kappa shape index (κ2) is 8.98. The van der Waals surface area contributed by atoms with Crippen LogP contribution in [0.5, 0.6) is 11.5 Å². The molecular formula is C23H29NO6S. The number of nitrogens with zero attached hydrogens (tertiary/aromatic N) is 1. The highest BCUT2D eigenvalue weighted by atomic mass is 32.2. The molecule has 2 aromatic rings. The van der Waals surface area contributed by atoms with Gasteiger partial charge in [0, 0.05) is 18.9 Å². The van der Waals surface area contributed by atoms with E-state index in [2.05, 4.69) is 0 Å². The first-order valence-electron chi connectivity index (χ1n) is 10.3. The van der Waals surface area contributed by atoms with Crippen LogP contribution in [0.3, 0.4) is 0 Å². The molecular weight excluding hydrogens is 418 g/mol. The van der Waals surface area contributed by atoms with Gasteiger partial charge in [0.15, 0.2) is 21.3 Å². The minimum Gasteiger partial charge on any atom is -0.493 e. The van der Waals surface area contributed by atoms with Crippen molar-refractivity contribution in [1.29, 1.82) is 0 Å². The Labute approximate surface area is 183 Å². The maximum atomic E-state index is 13.6. The normalized spacial score (nSPS) is 22.9. The fraction of sp³-hybridized carbons (Fsp3) is 0.435. The van der Waals surface area contributed by atoms with E-state index in [0.29, 0.717) is 16.9 Å². The van der Waals surface area contributed by atoms with Gasteiger partial charge in [-0.1, -0.05) is 44.2 Å². The zero-order valence-electron chi connectivity index (χ0n) is 18.3. The molecule has 0 amide bonds. The minimum atomic E-state index is -3.87. The minimum absolute atomic E-state index is 0.0670. The highest BCUT2D eigenvalue weighted by Gasteiger charge is 2.49. The van der Waals surface area contributed by atoms with Crippen LogP contribution in [0, 0.1) is 0 Å². The standard InChI is InChI=1S/C23H29NO6S/c1-5-17(25)14-23(6-2)15-31(27,28)21-13-20(30-4)19(29-3)12-18(21)22(24(23)26)16-10-8-7-9-11-16/h7-13,22,26H,5-6,14-15H2,1-4H3/t22-,23-/m0/s1. The Morgan fingerprint density at radius 2 is 1.74 bits per heavy atom. The van der Waals surface area contributed by atoms with Gasteiger partial charge >= 0.3 is 0 Å². The summed E-state index contributed by atoms with van der Waals surface area (Å²) in [6.45, 7) is 3.53. The average Bonchev–Trinajstić information content (AvgIpc) is 2.84. The van der Waals surface area contributed by atoms with Crippen LogP contribution in [0.4, 0.5) is 0 Å². The number of hydrogen-bond donors (Lipinski definition) is 1. The predicted octanol–water partition coefficient (Wildman–Crippen LogP) is 3.79. The molecule has 3 rings (SSSR count). The number of rotatable bonds is 7. The lowest BCUT2D eigenvalue weighted by molar-refractivity contribution is -0.193. The number of Topliss-reactive ketones (excluding diaryl/α,β-unsaturated/α-hetero) is 1. The molecule has 8 heteroatoms. The Morgan fingerprint density at radius 1 is 1.13 bits per heavy atom. The summed E-state index contributed by atoms with van der Waals surface area (Å²) in [7, 11) is -0.959. The average molecular weight is 448 g/mol. The Morgan fingerprint density at radius 3 is 2.29 bits per heavy atom. The Balaban J connectivity index is 2.36. The SMILES string of the molecule is CCC(=O)C[C@@]1(CC)CS(=O)(=O)c2cc(OC)c(OC)cc2[C@H](c2ccccc2)N1O. The fourth-order valence-corrected chi connectivity index (χ4v) is 6.35. The van der Waals surface area contributed by atoms with Gasteiger partial charge in [0.2, 0.25) is 0 Å². The smallest absolute Gasteiger partial charge is 0.180 e. The van der Waals surface area contributed by atoms with Crippen LogP contribution in [-0.4, -0.2) is 50.0 Å². The predicted molar refractivity (Wildman–Crippen MR) is 116 cm³/mol. The monoisotopic (exact) mass is 447 g/mol. The Kier molecular flexibility index (Phi) is 6.73. The molecule has 0 unspecified atom stereocenters. The molecule has 0 aromatic heterocycles. The fourth-order valence-electron chi connectivity index (χ4n) is 4.23. The summed E-state index contributed by atoms with van der Waals surface area (Å²) in [5.41, 5.74) is -0.186. The Bertz CT molecular complexity index is 1050. The van der Waals surface area contributed by atoms with Crippen molar-refractivity contribution in [2.45, 2.75) is 49.6 Å². The zero-order chi connectivity index (χ0) is 22.8. The van der Waals surface area contributed by atoms with E-state index in [9.17, 15) is 18.4 Å². The molecule has 0 fully saturated rings. The molecule has 7 nitrogen and oxygen atoms in total. The van der Waals surface area contributed by atoms with Crippen LogP contribution < -0.4 is 9.47 Å². The summed E-state index contributed by atoms with van der Waals surface area (Å²) in [6.07, 6.45) is 0.474. The summed E-state index contributed by atoms with van der Waals surface area (Å²) in [4.78, 5) is 12.5. The molecule has 0 saturated heterocycles. The lowest BCUT2D eigenvalue weighted by Crippen LogP contribution is -2.52. The highest BCUT2D eigenvalue weighted by molar-refractivity contribution is 7.91. The van der Waals surface area contributed by atoms with Crippen LogP contribution in [0.1, 0.15) is 50.3 Å². The van der Waals surface area contributed by atoms with Gasteiger partial charge in [-0.3, -0.25) is 4.79 Å². The maximum absolute atomic E-state index is 13.6. The molecule has 1 aliphatic heterocycles. The topological polar surface area (TPSA) is 93.1 Å². The number of benzene rings is 2. The third-order valence-corrected chi connectivity index (χ3v) is 7.97. The molecule has 1 aliphatic rings. The molecule has 0 aliphatic carbocycles. The molecule has 1 heterocycles. The van der Waals surface area contributed by atoms with Gasteiger partial charge in [-0.05, 0) is 23.6 Å². The van der Waals surface area contributed by atoms with Crippen LogP contribution in [0.2, 0.25) is 0 Å². The molecule has 0 bridgehead atoms. The lowest BCUT2D eigenvalue weighted by Gasteiger charge is -2.41. The summed E-state index contributed by atoms with van der Waals surface area (Å²) in [5.74, 6) is 0.156. The molecule has 0 radical (unpaired) electrons. The van der Waals surface area contributed by atoms with E-state index < -0.39 is 21.4 Å². The highest BCUT2D eigenvalue weighted by Crippen LogP contribution is 2.46. The van der Waals surface area contributed by atoms with Gasteiger partial charge in [-0.25, -0.2) is 8.42 Å². The number of hydroxylamine groups is 2. The number of hydrogen-bond acceptors (Lipinski definition) is 7. The van der Waals surface area contributed by atoms with Gasteiger partial charge in [-0.2, -0.15) is 5.06 Å². The number of methoxy groups -OCH3 is 2. The maximum Gasteiger partial charge on any atom is 0.180 e. The van der Waals surface area contributed by atoms with Crippen molar-refractivity contribution in [3.05, 3.63) is 53.6 Å². The third-order valence-electron chi connectivity index (χ3n) is 6.03. The molecule has 31 heavy (non-hydrogen) atoms. The van der Waals surface area contributed by atoms with Crippen molar-refractivity contribution < 1.29 is 27.9 Å². The molecule has 168 valence electrons. The van der Waals surface area contributed by atoms with Crippen molar-refractivity contribution >= 4 is 15.6 Å². The van der Waals surface area contributed by atoms with Crippen LogP contribution >= 0.6 is 0 Å². The van der Waals surface area contributed by atoms with Gasteiger partial charge in [-0.15, -0.1) is 0 Å². The number of carbonyl (C=O) groups excluding carboxylic acids is 1.